The summed E-state index contributed by atoms with van der Waals surface area (Å²) in [5.74, 6) is 1.58. The SMILES string of the molecule is CC(C)(C)C1CCC(c2ccccc2N2CCN(CC#N)CC2)CC1. The van der Waals surface area contributed by atoms with Crippen molar-refractivity contribution in [1.29, 1.82) is 5.26 Å². The lowest BCUT2D eigenvalue weighted by Crippen LogP contribution is -2.46. The van der Waals surface area contributed by atoms with Crippen molar-refractivity contribution in [2.24, 2.45) is 11.3 Å². The summed E-state index contributed by atoms with van der Waals surface area (Å²) in [4.78, 5) is 4.80. The second-order valence-electron chi connectivity index (χ2n) is 8.89. The molecule has 1 aliphatic carbocycles. The third-order valence-corrected chi connectivity index (χ3v) is 6.34. The van der Waals surface area contributed by atoms with Crippen LogP contribution >= 0.6 is 0 Å². The van der Waals surface area contributed by atoms with Crippen LogP contribution in [0.4, 0.5) is 5.69 Å². The van der Waals surface area contributed by atoms with Crippen molar-refractivity contribution < 1.29 is 0 Å². The molecule has 2 aliphatic rings. The first-order chi connectivity index (χ1) is 12.0. The van der Waals surface area contributed by atoms with Crippen LogP contribution in [0.1, 0.15) is 57.9 Å². The minimum Gasteiger partial charge on any atom is -0.369 e. The van der Waals surface area contributed by atoms with Crippen LogP contribution in [0.5, 0.6) is 0 Å². The number of benzene rings is 1. The molecule has 1 saturated carbocycles. The zero-order valence-corrected chi connectivity index (χ0v) is 16.2. The molecule has 0 bridgehead atoms. The predicted molar refractivity (Wildman–Crippen MR) is 105 cm³/mol. The summed E-state index contributed by atoms with van der Waals surface area (Å²) >= 11 is 0. The van der Waals surface area contributed by atoms with Crippen molar-refractivity contribution >= 4 is 5.69 Å². The lowest BCUT2D eigenvalue weighted by molar-refractivity contribution is 0.169. The first-order valence-electron chi connectivity index (χ1n) is 9.92. The molecule has 1 aromatic carbocycles. The molecule has 0 aromatic heterocycles. The van der Waals surface area contributed by atoms with Crippen molar-refractivity contribution in [3.8, 4) is 6.07 Å². The standard InChI is InChI=1S/C22H33N3/c1-22(2,3)19-10-8-18(9-11-19)20-6-4-5-7-21(20)25-16-14-24(13-12-23)15-17-25/h4-7,18-19H,8-11,13-17H2,1-3H3. The van der Waals surface area contributed by atoms with E-state index in [9.17, 15) is 0 Å². The molecule has 3 heteroatoms. The molecule has 0 spiro atoms. The largest absolute Gasteiger partial charge is 0.369 e. The number of piperazine rings is 1. The van der Waals surface area contributed by atoms with E-state index in [-0.39, 0.29) is 0 Å². The highest BCUT2D eigenvalue weighted by Crippen LogP contribution is 2.45. The second kappa shape index (κ2) is 7.79. The van der Waals surface area contributed by atoms with Crippen LogP contribution < -0.4 is 4.90 Å². The molecule has 3 nitrogen and oxygen atoms in total. The third kappa shape index (κ3) is 4.36. The maximum absolute atomic E-state index is 8.89. The molecule has 25 heavy (non-hydrogen) atoms. The molecule has 0 N–H and O–H groups in total. The zero-order chi connectivity index (χ0) is 17.9. The zero-order valence-electron chi connectivity index (χ0n) is 16.2. The normalized spacial score (nSPS) is 25.6. The lowest BCUT2D eigenvalue weighted by atomic mass is 9.68. The average Bonchev–Trinajstić information content (AvgIpc) is 2.62. The van der Waals surface area contributed by atoms with Gasteiger partial charge in [-0.1, -0.05) is 39.0 Å². The third-order valence-electron chi connectivity index (χ3n) is 6.34. The Bertz CT molecular complexity index is 594. The summed E-state index contributed by atoms with van der Waals surface area (Å²) in [6, 6.07) is 11.3. The Kier molecular flexibility index (Phi) is 5.69. The molecule has 1 aliphatic heterocycles. The number of rotatable bonds is 3. The number of nitrogens with zero attached hydrogens (tertiary/aromatic N) is 3. The molecule has 0 radical (unpaired) electrons. The fourth-order valence-corrected chi connectivity index (χ4v) is 4.64. The summed E-state index contributed by atoms with van der Waals surface area (Å²) in [7, 11) is 0. The van der Waals surface area contributed by atoms with Crippen LogP contribution in [0.3, 0.4) is 0 Å². The first-order valence-corrected chi connectivity index (χ1v) is 9.92. The number of anilines is 1. The maximum atomic E-state index is 8.89. The molecular formula is C22H33N3. The van der Waals surface area contributed by atoms with E-state index in [4.69, 9.17) is 5.26 Å². The van der Waals surface area contributed by atoms with Gasteiger partial charge in [-0.2, -0.15) is 5.26 Å². The van der Waals surface area contributed by atoms with Gasteiger partial charge in [0, 0.05) is 31.9 Å². The van der Waals surface area contributed by atoms with Gasteiger partial charge in [0.2, 0.25) is 0 Å². The van der Waals surface area contributed by atoms with Crippen molar-refractivity contribution in [3.05, 3.63) is 29.8 Å². The number of hydrogen-bond acceptors (Lipinski definition) is 3. The van der Waals surface area contributed by atoms with Crippen LogP contribution in [-0.2, 0) is 0 Å². The van der Waals surface area contributed by atoms with Gasteiger partial charge in [-0.15, -0.1) is 0 Å². The van der Waals surface area contributed by atoms with Crippen molar-refractivity contribution in [1.82, 2.24) is 4.90 Å². The summed E-state index contributed by atoms with van der Waals surface area (Å²) in [5.41, 5.74) is 3.45. The maximum Gasteiger partial charge on any atom is 0.0867 e. The van der Waals surface area contributed by atoms with Crippen molar-refractivity contribution in [2.45, 2.75) is 52.4 Å². The van der Waals surface area contributed by atoms with Gasteiger partial charge in [0.05, 0.1) is 12.6 Å². The Balaban J connectivity index is 1.67. The predicted octanol–water partition coefficient (Wildman–Crippen LogP) is 4.65. The lowest BCUT2D eigenvalue weighted by Gasteiger charge is -2.40. The fourth-order valence-electron chi connectivity index (χ4n) is 4.64. The highest BCUT2D eigenvalue weighted by molar-refractivity contribution is 5.55. The summed E-state index contributed by atoms with van der Waals surface area (Å²) in [6.45, 7) is 11.8. The van der Waals surface area contributed by atoms with Crippen LogP contribution in [0.25, 0.3) is 0 Å². The molecule has 1 saturated heterocycles. The number of hydrogen-bond donors (Lipinski definition) is 0. The fraction of sp³-hybridized carbons (Fsp3) is 0.682. The molecule has 3 rings (SSSR count). The van der Waals surface area contributed by atoms with Gasteiger partial charge in [0.25, 0.3) is 0 Å². The van der Waals surface area contributed by atoms with E-state index in [2.05, 4.69) is 60.9 Å². The quantitative estimate of drug-likeness (QED) is 0.751. The van der Waals surface area contributed by atoms with E-state index < -0.39 is 0 Å². The van der Waals surface area contributed by atoms with Crippen LogP contribution in [0.2, 0.25) is 0 Å². The molecule has 136 valence electrons. The molecule has 1 heterocycles. The summed E-state index contributed by atoms with van der Waals surface area (Å²) in [6.07, 6.45) is 5.37. The van der Waals surface area contributed by atoms with Crippen LogP contribution in [-0.4, -0.2) is 37.6 Å². The molecule has 0 amide bonds. The molecule has 0 unspecified atom stereocenters. The Labute approximate surface area is 153 Å². The summed E-state index contributed by atoms with van der Waals surface area (Å²) in [5, 5.41) is 8.89. The van der Waals surface area contributed by atoms with Gasteiger partial charge in [0.1, 0.15) is 0 Å². The highest BCUT2D eigenvalue weighted by Gasteiger charge is 2.31. The second-order valence-corrected chi connectivity index (χ2v) is 8.89. The first kappa shape index (κ1) is 18.3. The number of para-hydroxylation sites is 1. The number of nitriles is 1. The van der Waals surface area contributed by atoms with Gasteiger partial charge < -0.3 is 4.90 Å². The highest BCUT2D eigenvalue weighted by atomic mass is 15.3. The van der Waals surface area contributed by atoms with E-state index in [1.165, 1.54) is 31.4 Å². The Morgan fingerprint density at radius 2 is 1.64 bits per heavy atom. The monoisotopic (exact) mass is 339 g/mol. The van der Waals surface area contributed by atoms with E-state index in [0.717, 1.165) is 32.1 Å². The molecule has 1 aromatic rings. The minimum atomic E-state index is 0.446. The van der Waals surface area contributed by atoms with Gasteiger partial charge in [-0.05, 0) is 54.6 Å². The topological polar surface area (TPSA) is 30.3 Å². The van der Waals surface area contributed by atoms with E-state index in [1.54, 1.807) is 5.56 Å². The Morgan fingerprint density at radius 3 is 2.24 bits per heavy atom. The molecule has 2 fully saturated rings. The van der Waals surface area contributed by atoms with E-state index >= 15 is 0 Å². The van der Waals surface area contributed by atoms with Crippen molar-refractivity contribution in [3.63, 3.8) is 0 Å². The summed E-state index contributed by atoms with van der Waals surface area (Å²) < 4.78 is 0. The average molecular weight is 340 g/mol. The van der Waals surface area contributed by atoms with Gasteiger partial charge in [-0.3, -0.25) is 4.90 Å². The van der Waals surface area contributed by atoms with Gasteiger partial charge in [-0.25, -0.2) is 0 Å². The Morgan fingerprint density at radius 1 is 1.00 bits per heavy atom. The van der Waals surface area contributed by atoms with E-state index in [0.29, 0.717) is 17.9 Å². The van der Waals surface area contributed by atoms with Crippen molar-refractivity contribution in [2.75, 3.05) is 37.6 Å². The van der Waals surface area contributed by atoms with Crippen LogP contribution in [0.15, 0.2) is 24.3 Å². The smallest absolute Gasteiger partial charge is 0.0867 e. The van der Waals surface area contributed by atoms with E-state index in [1.807, 2.05) is 0 Å². The Hall–Kier alpha value is -1.53. The molecule has 0 atom stereocenters. The minimum absolute atomic E-state index is 0.446. The van der Waals surface area contributed by atoms with Gasteiger partial charge in [0.15, 0.2) is 0 Å². The molecular weight excluding hydrogens is 306 g/mol. The van der Waals surface area contributed by atoms with Gasteiger partial charge >= 0.3 is 0 Å². The van der Waals surface area contributed by atoms with Crippen LogP contribution in [0, 0.1) is 22.7 Å².